The van der Waals surface area contributed by atoms with Crippen LogP contribution in [0.2, 0.25) is 0 Å². The standard InChI is InChI=1S/C22H24N4O8S/c1-11-16(22(30)34-10-12-5-7-13(31-2)8-6-12)26-18(27)14(19(26)35-11)9-25-17(21(29)33-4)15(23-24-25)20(28)32-3/h5-8,11,14,16,19H,9-10H2,1-4H3/t11-,14?,16-,19+/m1/s1. The summed E-state index contributed by atoms with van der Waals surface area (Å²) in [4.78, 5) is 51.6. The number of amides is 1. The molecular weight excluding hydrogens is 480 g/mol. The molecule has 186 valence electrons. The van der Waals surface area contributed by atoms with Gasteiger partial charge in [-0.2, -0.15) is 0 Å². The molecule has 12 nitrogen and oxygen atoms in total. The van der Waals surface area contributed by atoms with E-state index in [0.29, 0.717) is 5.75 Å². The molecule has 2 aliphatic heterocycles. The number of benzene rings is 1. The maximum absolute atomic E-state index is 13.0. The van der Waals surface area contributed by atoms with Crippen molar-refractivity contribution >= 4 is 35.6 Å². The molecule has 4 atom stereocenters. The number of ether oxygens (including phenoxy) is 4. The predicted octanol–water partition coefficient (Wildman–Crippen LogP) is 0.892. The molecule has 2 aromatic rings. The molecule has 2 fully saturated rings. The Morgan fingerprint density at radius 1 is 1.06 bits per heavy atom. The van der Waals surface area contributed by atoms with Crippen LogP contribution in [0.25, 0.3) is 0 Å². The fourth-order valence-corrected chi connectivity index (χ4v) is 5.71. The van der Waals surface area contributed by atoms with Gasteiger partial charge in [0.25, 0.3) is 0 Å². The SMILES string of the molecule is COC(=O)c1nnn(CC2C(=O)N3[C@H]2S[C@H](C)[C@@H]3C(=O)OCc2ccc(OC)cc2)c1C(=O)OC. The molecule has 0 N–H and O–H groups in total. The number of β-lactam (4-membered cyclic amide) rings is 1. The Labute approximate surface area is 204 Å². The Bertz CT molecular complexity index is 1150. The number of methoxy groups -OCH3 is 3. The molecule has 0 aliphatic carbocycles. The molecule has 13 heteroatoms. The minimum absolute atomic E-state index is 0.0121. The Morgan fingerprint density at radius 3 is 2.37 bits per heavy atom. The average molecular weight is 505 g/mol. The molecule has 1 amide bonds. The quantitative estimate of drug-likeness (QED) is 0.288. The van der Waals surface area contributed by atoms with E-state index in [9.17, 15) is 19.2 Å². The van der Waals surface area contributed by atoms with E-state index in [-0.39, 0.29) is 41.1 Å². The lowest BCUT2D eigenvalue weighted by Crippen LogP contribution is -2.63. The highest BCUT2D eigenvalue weighted by molar-refractivity contribution is 8.01. The average Bonchev–Trinajstić information content (AvgIpc) is 3.44. The maximum atomic E-state index is 13.0. The van der Waals surface area contributed by atoms with E-state index in [2.05, 4.69) is 15.0 Å². The van der Waals surface area contributed by atoms with E-state index >= 15 is 0 Å². The molecule has 0 saturated carbocycles. The van der Waals surface area contributed by atoms with Gasteiger partial charge in [-0.15, -0.1) is 16.9 Å². The summed E-state index contributed by atoms with van der Waals surface area (Å²) in [7, 11) is 3.88. The van der Waals surface area contributed by atoms with Crippen molar-refractivity contribution in [1.29, 1.82) is 0 Å². The van der Waals surface area contributed by atoms with E-state index in [1.165, 1.54) is 21.3 Å². The zero-order valence-corrected chi connectivity index (χ0v) is 20.3. The number of carbonyl (C=O) groups excluding carboxylic acids is 4. The van der Waals surface area contributed by atoms with Gasteiger partial charge in [-0.25, -0.2) is 19.1 Å². The first-order valence-electron chi connectivity index (χ1n) is 10.7. The first-order valence-corrected chi connectivity index (χ1v) is 11.6. The maximum Gasteiger partial charge on any atom is 0.361 e. The first kappa shape index (κ1) is 24.5. The third kappa shape index (κ3) is 4.43. The highest BCUT2D eigenvalue weighted by atomic mass is 32.2. The number of thioether (sulfide) groups is 1. The number of esters is 3. The molecule has 0 spiro atoms. The number of nitrogens with zero attached hydrogens (tertiary/aromatic N) is 4. The van der Waals surface area contributed by atoms with E-state index in [1.54, 1.807) is 31.4 Å². The van der Waals surface area contributed by atoms with Crippen molar-refractivity contribution in [2.24, 2.45) is 5.92 Å². The summed E-state index contributed by atoms with van der Waals surface area (Å²) in [6.07, 6.45) is 0. The molecule has 2 aliphatic rings. The molecule has 0 radical (unpaired) electrons. The van der Waals surface area contributed by atoms with E-state index in [4.69, 9.17) is 14.2 Å². The molecule has 3 heterocycles. The summed E-state index contributed by atoms with van der Waals surface area (Å²) in [6.45, 7) is 1.92. The number of hydrogen-bond acceptors (Lipinski definition) is 11. The lowest BCUT2D eigenvalue weighted by Gasteiger charge is -2.43. The lowest BCUT2D eigenvalue weighted by molar-refractivity contribution is -0.166. The summed E-state index contributed by atoms with van der Waals surface area (Å²) in [5.41, 5.74) is 0.303. The molecule has 4 rings (SSSR count). The minimum Gasteiger partial charge on any atom is -0.497 e. The first-order chi connectivity index (χ1) is 16.8. The molecular formula is C22H24N4O8S. The zero-order chi connectivity index (χ0) is 25.3. The van der Waals surface area contributed by atoms with Gasteiger partial charge in [0, 0.05) is 5.25 Å². The van der Waals surface area contributed by atoms with Gasteiger partial charge in [-0.1, -0.05) is 24.3 Å². The second kappa shape index (κ2) is 9.94. The zero-order valence-electron chi connectivity index (χ0n) is 19.5. The van der Waals surface area contributed by atoms with Crippen LogP contribution >= 0.6 is 11.8 Å². The van der Waals surface area contributed by atoms with Crippen LogP contribution in [0.15, 0.2) is 24.3 Å². The lowest BCUT2D eigenvalue weighted by atomic mass is 9.95. The van der Waals surface area contributed by atoms with Crippen molar-refractivity contribution in [2.75, 3.05) is 21.3 Å². The highest BCUT2D eigenvalue weighted by Gasteiger charge is 2.60. The Morgan fingerprint density at radius 2 is 1.74 bits per heavy atom. The van der Waals surface area contributed by atoms with Gasteiger partial charge in [0.15, 0.2) is 5.69 Å². The van der Waals surface area contributed by atoms with Gasteiger partial charge >= 0.3 is 17.9 Å². The van der Waals surface area contributed by atoms with Gasteiger partial charge in [-0.3, -0.25) is 4.79 Å². The summed E-state index contributed by atoms with van der Waals surface area (Å²) < 4.78 is 21.2. The van der Waals surface area contributed by atoms with Gasteiger partial charge < -0.3 is 23.8 Å². The molecule has 1 aromatic heterocycles. The summed E-state index contributed by atoms with van der Waals surface area (Å²) in [5.74, 6) is -2.31. The fourth-order valence-electron chi connectivity index (χ4n) is 4.12. The third-order valence-electron chi connectivity index (χ3n) is 5.93. The van der Waals surface area contributed by atoms with Crippen LogP contribution < -0.4 is 4.74 Å². The summed E-state index contributed by atoms with van der Waals surface area (Å²) in [6, 6.07) is 6.41. The third-order valence-corrected chi connectivity index (χ3v) is 7.45. The van der Waals surface area contributed by atoms with Gasteiger partial charge in [-0.05, 0) is 17.7 Å². The number of aromatic nitrogens is 3. The highest BCUT2D eigenvalue weighted by Crippen LogP contribution is 2.48. The molecule has 2 saturated heterocycles. The fraction of sp³-hybridized carbons (Fsp3) is 0.455. The van der Waals surface area contributed by atoms with Crippen LogP contribution in [0.3, 0.4) is 0 Å². The van der Waals surface area contributed by atoms with E-state index in [1.807, 2.05) is 6.92 Å². The minimum atomic E-state index is -0.846. The van der Waals surface area contributed by atoms with Gasteiger partial charge in [0.1, 0.15) is 18.4 Å². The Hall–Kier alpha value is -3.61. The topological polar surface area (TPSA) is 139 Å². The predicted molar refractivity (Wildman–Crippen MR) is 120 cm³/mol. The van der Waals surface area contributed by atoms with E-state index < -0.39 is 29.9 Å². The molecule has 1 aromatic carbocycles. The van der Waals surface area contributed by atoms with Crippen LogP contribution in [0.4, 0.5) is 0 Å². The normalized spacial score (nSPS) is 22.7. The number of rotatable bonds is 8. The van der Waals surface area contributed by atoms with Crippen molar-refractivity contribution in [2.45, 2.75) is 36.7 Å². The van der Waals surface area contributed by atoms with Gasteiger partial charge in [0.05, 0.1) is 39.2 Å². The molecule has 0 bridgehead atoms. The number of carbonyl (C=O) groups is 4. The number of fused-ring (bicyclic) bond motifs is 1. The summed E-state index contributed by atoms with van der Waals surface area (Å²) in [5, 5.41) is 7.07. The van der Waals surface area contributed by atoms with Gasteiger partial charge in [0.2, 0.25) is 11.6 Å². The van der Waals surface area contributed by atoms with Crippen molar-refractivity contribution < 1.29 is 38.1 Å². The smallest absolute Gasteiger partial charge is 0.361 e. The number of hydrogen-bond donors (Lipinski definition) is 0. The van der Waals surface area contributed by atoms with Crippen molar-refractivity contribution in [1.82, 2.24) is 19.9 Å². The van der Waals surface area contributed by atoms with Crippen LogP contribution in [-0.4, -0.2) is 81.7 Å². The second-order valence-electron chi connectivity index (χ2n) is 7.94. The summed E-state index contributed by atoms with van der Waals surface area (Å²) >= 11 is 1.47. The van der Waals surface area contributed by atoms with Crippen molar-refractivity contribution in [3.63, 3.8) is 0 Å². The van der Waals surface area contributed by atoms with Crippen LogP contribution in [0.1, 0.15) is 33.5 Å². The molecule has 35 heavy (non-hydrogen) atoms. The van der Waals surface area contributed by atoms with Crippen LogP contribution in [0, 0.1) is 5.92 Å². The Balaban J connectivity index is 1.44. The second-order valence-corrected chi connectivity index (χ2v) is 9.44. The monoisotopic (exact) mass is 504 g/mol. The van der Waals surface area contributed by atoms with Crippen molar-refractivity contribution in [3.8, 4) is 5.75 Å². The van der Waals surface area contributed by atoms with Crippen LogP contribution in [-0.2, 0) is 37.0 Å². The van der Waals surface area contributed by atoms with Crippen molar-refractivity contribution in [3.05, 3.63) is 41.2 Å². The Kier molecular flexibility index (Phi) is 6.96. The largest absolute Gasteiger partial charge is 0.497 e. The molecule has 1 unspecified atom stereocenters. The van der Waals surface area contributed by atoms with Crippen LogP contribution in [0.5, 0.6) is 5.75 Å². The van der Waals surface area contributed by atoms with E-state index in [0.717, 1.165) is 19.8 Å².